The standard InChI is InChI=1S/C28H31F2N7O2/c1-27(2)11-17(12-28(3,4)35-27)37(6)26-31-13-21(33-34-26)18-8-7-16(9-22(18)39-15-38)19-10-20-25(24(30)23(19)29)36(5)14-32-20/h7-10,13-15,17,35H,11-12H2,1-6H3. The fourth-order valence-corrected chi connectivity index (χ4v) is 5.76. The highest BCUT2D eigenvalue weighted by Gasteiger charge is 2.39. The normalized spacial score (nSPS) is 16.8. The molecule has 0 bridgehead atoms. The van der Waals surface area contributed by atoms with Crippen molar-refractivity contribution in [2.24, 2.45) is 7.05 Å². The van der Waals surface area contributed by atoms with Crippen molar-refractivity contribution >= 4 is 23.5 Å². The van der Waals surface area contributed by atoms with Gasteiger partial charge in [0.25, 0.3) is 6.47 Å². The smallest absolute Gasteiger partial charge is 0.298 e. The van der Waals surface area contributed by atoms with Crippen LogP contribution in [0, 0.1) is 11.6 Å². The van der Waals surface area contributed by atoms with Gasteiger partial charge in [-0.3, -0.25) is 4.79 Å². The zero-order valence-corrected chi connectivity index (χ0v) is 22.8. The molecule has 1 aliphatic rings. The molecule has 1 aliphatic heterocycles. The van der Waals surface area contributed by atoms with Crippen LogP contribution in [0.5, 0.6) is 5.75 Å². The summed E-state index contributed by atoms with van der Waals surface area (Å²) < 4.78 is 36.4. The number of hydrogen-bond donors (Lipinski definition) is 1. The molecule has 9 nitrogen and oxygen atoms in total. The number of halogens is 2. The van der Waals surface area contributed by atoms with Crippen molar-refractivity contribution in [2.75, 3.05) is 11.9 Å². The van der Waals surface area contributed by atoms with Gasteiger partial charge in [-0.25, -0.2) is 18.7 Å². The minimum Gasteiger partial charge on any atom is -0.428 e. The van der Waals surface area contributed by atoms with E-state index >= 15 is 4.39 Å². The molecule has 0 atom stereocenters. The van der Waals surface area contributed by atoms with E-state index < -0.39 is 11.6 Å². The van der Waals surface area contributed by atoms with Crippen molar-refractivity contribution in [1.29, 1.82) is 0 Å². The summed E-state index contributed by atoms with van der Waals surface area (Å²) in [6.07, 6.45) is 4.81. The molecule has 0 radical (unpaired) electrons. The molecular weight excluding hydrogens is 504 g/mol. The number of carbonyl (C=O) groups is 1. The zero-order valence-electron chi connectivity index (χ0n) is 22.8. The van der Waals surface area contributed by atoms with Crippen LogP contribution in [0.1, 0.15) is 40.5 Å². The van der Waals surface area contributed by atoms with E-state index in [2.05, 4.69) is 53.2 Å². The molecule has 11 heteroatoms. The van der Waals surface area contributed by atoms with Crippen molar-refractivity contribution < 1.29 is 18.3 Å². The van der Waals surface area contributed by atoms with Crippen LogP contribution in [-0.2, 0) is 11.8 Å². The van der Waals surface area contributed by atoms with E-state index in [1.807, 2.05) is 11.9 Å². The van der Waals surface area contributed by atoms with Gasteiger partial charge in [-0.1, -0.05) is 6.07 Å². The lowest BCUT2D eigenvalue weighted by Gasteiger charge is -2.48. The number of hydrogen-bond acceptors (Lipinski definition) is 8. The van der Waals surface area contributed by atoms with Crippen molar-refractivity contribution in [1.82, 2.24) is 30.0 Å². The van der Waals surface area contributed by atoms with Crippen molar-refractivity contribution in [3.8, 4) is 28.1 Å². The first-order valence-electron chi connectivity index (χ1n) is 12.7. The summed E-state index contributed by atoms with van der Waals surface area (Å²) in [5.74, 6) is -1.43. The number of aromatic nitrogens is 5. The van der Waals surface area contributed by atoms with Gasteiger partial charge in [0.15, 0.2) is 11.6 Å². The molecule has 4 aromatic rings. The molecule has 1 N–H and O–H groups in total. The number of rotatable bonds is 6. The number of nitrogens with zero attached hydrogens (tertiary/aromatic N) is 6. The van der Waals surface area contributed by atoms with Crippen LogP contribution in [0.15, 0.2) is 36.8 Å². The predicted octanol–water partition coefficient (Wildman–Crippen LogP) is 4.65. The predicted molar refractivity (Wildman–Crippen MR) is 144 cm³/mol. The minimum atomic E-state index is -1.02. The van der Waals surface area contributed by atoms with Crippen LogP contribution in [0.25, 0.3) is 33.4 Å². The Labute approximate surface area is 225 Å². The molecule has 2 aromatic heterocycles. The molecule has 204 valence electrons. The Morgan fingerprint density at radius 1 is 1.05 bits per heavy atom. The second-order valence-corrected chi connectivity index (χ2v) is 11.4. The highest BCUT2D eigenvalue weighted by molar-refractivity contribution is 5.85. The second kappa shape index (κ2) is 9.64. The molecule has 0 amide bonds. The summed E-state index contributed by atoms with van der Waals surface area (Å²) >= 11 is 0. The van der Waals surface area contributed by atoms with Crippen LogP contribution < -0.4 is 15.0 Å². The highest BCUT2D eigenvalue weighted by Crippen LogP contribution is 2.37. The first kappa shape index (κ1) is 26.6. The summed E-state index contributed by atoms with van der Waals surface area (Å²) in [6, 6.07) is 6.34. The second-order valence-electron chi connectivity index (χ2n) is 11.4. The topological polar surface area (TPSA) is 98.1 Å². The molecule has 3 heterocycles. The summed E-state index contributed by atoms with van der Waals surface area (Å²) in [5.41, 5.74) is 1.41. The van der Waals surface area contributed by atoms with Gasteiger partial charge in [-0.2, -0.15) is 0 Å². The number of ether oxygens (including phenoxy) is 1. The van der Waals surface area contributed by atoms with E-state index in [0.29, 0.717) is 28.3 Å². The Balaban J connectivity index is 1.46. The molecule has 1 saturated heterocycles. The third-order valence-corrected chi connectivity index (χ3v) is 7.21. The number of benzene rings is 2. The molecular formula is C28H31F2N7O2. The minimum absolute atomic E-state index is 0.00463. The van der Waals surface area contributed by atoms with Crippen LogP contribution in [0.3, 0.4) is 0 Å². The zero-order chi connectivity index (χ0) is 28.1. The number of fused-ring (bicyclic) bond motifs is 1. The Kier molecular flexibility index (Phi) is 6.58. The number of imidazole rings is 1. The molecule has 1 fully saturated rings. The average Bonchev–Trinajstić information content (AvgIpc) is 3.24. The van der Waals surface area contributed by atoms with Crippen LogP contribution in [-0.4, -0.2) is 55.4 Å². The van der Waals surface area contributed by atoms with Crippen LogP contribution >= 0.6 is 0 Å². The molecule has 0 spiro atoms. The van der Waals surface area contributed by atoms with E-state index in [1.165, 1.54) is 23.0 Å². The Bertz CT molecular complexity index is 1530. The van der Waals surface area contributed by atoms with Gasteiger partial charge in [-0.15, -0.1) is 10.2 Å². The maximum absolute atomic E-state index is 15.0. The maximum Gasteiger partial charge on any atom is 0.298 e. The molecule has 39 heavy (non-hydrogen) atoms. The van der Waals surface area contributed by atoms with Gasteiger partial charge < -0.3 is 19.5 Å². The average molecular weight is 536 g/mol. The Morgan fingerprint density at radius 3 is 2.41 bits per heavy atom. The summed E-state index contributed by atoms with van der Waals surface area (Å²) in [6.45, 7) is 9.01. The summed E-state index contributed by atoms with van der Waals surface area (Å²) in [5, 5.41) is 12.4. The third kappa shape index (κ3) is 5.06. The number of aryl methyl sites for hydroxylation is 1. The molecule has 2 aromatic carbocycles. The van der Waals surface area contributed by atoms with Crippen LogP contribution in [0.2, 0.25) is 0 Å². The van der Waals surface area contributed by atoms with E-state index in [9.17, 15) is 9.18 Å². The number of anilines is 1. The number of carbonyl (C=O) groups excluding carboxylic acids is 1. The lowest BCUT2D eigenvalue weighted by Crippen LogP contribution is -2.62. The maximum atomic E-state index is 15.0. The van der Waals surface area contributed by atoms with Gasteiger partial charge in [-0.05, 0) is 64.3 Å². The number of nitrogens with one attached hydrogen (secondary N) is 1. The fraction of sp³-hybridized carbons (Fsp3) is 0.393. The molecule has 0 unspecified atom stereocenters. The lowest BCUT2D eigenvalue weighted by molar-refractivity contribution is -0.120. The molecule has 0 aliphatic carbocycles. The van der Waals surface area contributed by atoms with Gasteiger partial charge in [0.2, 0.25) is 5.95 Å². The van der Waals surface area contributed by atoms with Gasteiger partial charge in [0.05, 0.1) is 18.0 Å². The van der Waals surface area contributed by atoms with E-state index in [-0.39, 0.29) is 40.4 Å². The lowest BCUT2D eigenvalue weighted by atomic mass is 9.79. The number of piperidine rings is 1. The first-order chi connectivity index (χ1) is 18.4. The summed E-state index contributed by atoms with van der Waals surface area (Å²) in [7, 11) is 3.55. The van der Waals surface area contributed by atoms with Crippen LogP contribution in [0.4, 0.5) is 14.7 Å². The molecule has 5 rings (SSSR count). The van der Waals surface area contributed by atoms with Gasteiger partial charge in [0, 0.05) is 42.3 Å². The Hall–Kier alpha value is -3.99. The first-order valence-corrected chi connectivity index (χ1v) is 12.7. The quantitative estimate of drug-likeness (QED) is 0.357. The third-order valence-electron chi connectivity index (χ3n) is 7.21. The van der Waals surface area contributed by atoms with Crippen molar-refractivity contribution in [3.05, 3.63) is 48.4 Å². The van der Waals surface area contributed by atoms with Crippen molar-refractivity contribution in [3.63, 3.8) is 0 Å². The largest absolute Gasteiger partial charge is 0.428 e. The highest BCUT2D eigenvalue weighted by atomic mass is 19.2. The molecule has 0 saturated carbocycles. The Morgan fingerprint density at radius 2 is 1.77 bits per heavy atom. The van der Waals surface area contributed by atoms with E-state index in [0.717, 1.165) is 12.8 Å². The van der Waals surface area contributed by atoms with E-state index in [1.54, 1.807) is 25.4 Å². The SMILES string of the molecule is CN(c1ncc(-c2ccc(-c3cc4ncn(C)c4c(F)c3F)cc2OC=O)nn1)C1CC(C)(C)NC(C)(C)C1. The van der Waals surface area contributed by atoms with E-state index in [4.69, 9.17) is 4.74 Å². The summed E-state index contributed by atoms with van der Waals surface area (Å²) in [4.78, 5) is 22.0. The fourth-order valence-electron chi connectivity index (χ4n) is 5.76. The van der Waals surface area contributed by atoms with Gasteiger partial charge in [0.1, 0.15) is 17.0 Å². The van der Waals surface area contributed by atoms with Crippen molar-refractivity contribution in [2.45, 2.75) is 57.7 Å². The van der Waals surface area contributed by atoms with Gasteiger partial charge >= 0.3 is 0 Å². The monoisotopic (exact) mass is 535 g/mol.